The summed E-state index contributed by atoms with van der Waals surface area (Å²) in [6, 6.07) is 6.98. The van der Waals surface area contributed by atoms with Gasteiger partial charge in [-0.25, -0.2) is 0 Å². The molecule has 0 bridgehead atoms. The van der Waals surface area contributed by atoms with Crippen LogP contribution in [0.2, 0.25) is 5.02 Å². The average molecular weight is 346 g/mol. The van der Waals surface area contributed by atoms with Crippen molar-refractivity contribution in [2.45, 2.75) is 6.42 Å². The number of amides is 2. The van der Waals surface area contributed by atoms with Crippen molar-refractivity contribution < 1.29 is 14.3 Å². The van der Waals surface area contributed by atoms with E-state index >= 15 is 0 Å². The van der Waals surface area contributed by atoms with Crippen molar-refractivity contribution in [1.29, 1.82) is 0 Å². The Bertz CT molecular complexity index is 794. The van der Waals surface area contributed by atoms with Crippen molar-refractivity contribution in [2.75, 3.05) is 25.1 Å². The summed E-state index contributed by atoms with van der Waals surface area (Å²) in [4.78, 5) is 29.7. The molecule has 1 aromatic carbocycles. The van der Waals surface area contributed by atoms with E-state index in [4.69, 9.17) is 16.3 Å². The van der Waals surface area contributed by atoms with Crippen molar-refractivity contribution in [3.8, 4) is 5.75 Å². The van der Waals surface area contributed by atoms with E-state index in [-0.39, 0.29) is 18.4 Å². The minimum absolute atomic E-state index is 0.0989. The molecule has 1 aromatic heterocycles. The summed E-state index contributed by atoms with van der Waals surface area (Å²) in [6.07, 6.45) is 3.82. The molecule has 0 radical (unpaired) electrons. The topological polar surface area (TPSA) is 71.5 Å². The van der Waals surface area contributed by atoms with E-state index in [1.165, 1.54) is 13.2 Å². The highest BCUT2D eigenvalue weighted by molar-refractivity contribution is 6.30. The molecule has 124 valence electrons. The summed E-state index contributed by atoms with van der Waals surface area (Å²) in [5.41, 5.74) is 2.22. The molecule has 2 amide bonds. The number of nitrogens with zero attached hydrogens (tertiary/aromatic N) is 2. The van der Waals surface area contributed by atoms with Gasteiger partial charge in [0.1, 0.15) is 5.75 Å². The number of benzene rings is 1. The van der Waals surface area contributed by atoms with Gasteiger partial charge < -0.3 is 15.0 Å². The summed E-state index contributed by atoms with van der Waals surface area (Å²) in [5.74, 6) is 0.101. The van der Waals surface area contributed by atoms with Crippen molar-refractivity contribution in [1.82, 2.24) is 10.3 Å². The molecule has 2 heterocycles. The SMILES string of the molecule is CNC(=O)COc1cncc(N2CCc3cc(Cl)ccc3C2=O)c1. The predicted octanol–water partition coefficient (Wildman–Crippen LogP) is 2.06. The van der Waals surface area contributed by atoms with E-state index < -0.39 is 0 Å². The van der Waals surface area contributed by atoms with Gasteiger partial charge in [-0.2, -0.15) is 0 Å². The molecule has 2 aromatic rings. The van der Waals surface area contributed by atoms with Crippen LogP contribution in [0.25, 0.3) is 0 Å². The quantitative estimate of drug-likeness (QED) is 0.920. The monoisotopic (exact) mass is 345 g/mol. The molecule has 0 unspecified atom stereocenters. The number of pyridine rings is 1. The fraction of sp³-hybridized carbons (Fsp3) is 0.235. The second-order valence-corrected chi connectivity index (χ2v) is 5.79. The summed E-state index contributed by atoms with van der Waals surface area (Å²) in [5, 5.41) is 3.10. The standard InChI is InChI=1S/C17H16ClN3O3/c1-19-16(22)10-24-14-7-13(8-20-9-14)21-5-4-11-6-12(18)2-3-15(11)17(21)23/h2-3,6-9H,4-5,10H2,1H3,(H,19,22). The maximum absolute atomic E-state index is 12.7. The summed E-state index contributed by atoms with van der Waals surface area (Å²) in [7, 11) is 1.54. The Balaban J connectivity index is 1.81. The number of likely N-dealkylation sites (N-methyl/N-ethyl adjacent to an activating group) is 1. The summed E-state index contributed by atoms with van der Waals surface area (Å²) in [6.45, 7) is 0.434. The fourth-order valence-electron chi connectivity index (χ4n) is 2.56. The van der Waals surface area contributed by atoms with E-state index in [9.17, 15) is 9.59 Å². The lowest BCUT2D eigenvalue weighted by Gasteiger charge is -2.28. The number of carbonyl (C=O) groups excluding carboxylic acids is 2. The van der Waals surface area contributed by atoms with Gasteiger partial charge in [-0.05, 0) is 30.2 Å². The molecule has 0 saturated heterocycles. The third kappa shape index (κ3) is 3.33. The Labute approximate surface area is 144 Å². The number of carbonyl (C=O) groups is 2. The number of anilines is 1. The summed E-state index contributed by atoms with van der Waals surface area (Å²) >= 11 is 5.99. The second kappa shape index (κ2) is 6.88. The number of rotatable bonds is 4. The lowest BCUT2D eigenvalue weighted by Crippen LogP contribution is -2.37. The molecule has 6 nitrogen and oxygen atoms in total. The molecule has 0 fully saturated rings. The molecule has 24 heavy (non-hydrogen) atoms. The van der Waals surface area contributed by atoms with Crippen molar-refractivity contribution >= 4 is 29.1 Å². The highest BCUT2D eigenvalue weighted by Crippen LogP contribution is 2.27. The molecule has 1 aliphatic rings. The van der Waals surface area contributed by atoms with Gasteiger partial charge in [0.25, 0.3) is 11.8 Å². The normalized spacial score (nSPS) is 13.4. The minimum atomic E-state index is -0.236. The van der Waals surface area contributed by atoms with Crippen LogP contribution in [-0.2, 0) is 11.2 Å². The number of aromatic nitrogens is 1. The first-order valence-corrected chi connectivity index (χ1v) is 7.85. The third-order valence-corrected chi connectivity index (χ3v) is 4.04. The molecule has 0 spiro atoms. The zero-order chi connectivity index (χ0) is 17.1. The Hall–Kier alpha value is -2.60. The number of halogens is 1. The molecular formula is C17H16ClN3O3. The van der Waals surface area contributed by atoms with Crippen LogP contribution in [0, 0.1) is 0 Å². The van der Waals surface area contributed by atoms with Crippen LogP contribution in [0.4, 0.5) is 5.69 Å². The molecule has 1 N–H and O–H groups in total. The smallest absolute Gasteiger partial charge is 0.258 e. The fourth-order valence-corrected chi connectivity index (χ4v) is 2.75. The van der Waals surface area contributed by atoms with E-state index in [0.29, 0.717) is 35.0 Å². The van der Waals surface area contributed by atoms with Gasteiger partial charge in [0, 0.05) is 30.2 Å². The van der Waals surface area contributed by atoms with Crippen molar-refractivity contribution in [3.05, 3.63) is 52.8 Å². The molecule has 0 aliphatic carbocycles. The van der Waals surface area contributed by atoms with Crippen LogP contribution in [0.15, 0.2) is 36.7 Å². The Morgan fingerprint density at radius 1 is 1.38 bits per heavy atom. The van der Waals surface area contributed by atoms with Crippen LogP contribution in [0.1, 0.15) is 15.9 Å². The Kier molecular flexibility index (Phi) is 4.66. The van der Waals surface area contributed by atoms with Gasteiger partial charge in [0.15, 0.2) is 6.61 Å². The molecule has 0 atom stereocenters. The average Bonchev–Trinajstić information content (AvgIpc) is 2.60. The molecular weight excluding hydrogens is 330 g/mol. The zero-order valence-corrected chi connectivity index (χ0v) is 13.8. The number of nitrogens with one attached hydrogen (secondary N) is 1. The van der Waals surface area contributed by atoms with Crippen LogP contribution < -0.4 is 15.0 Å². The van der Waals surface area contributed by atoms with Crippen molar-refractivity contribution in [3.63, 3.8) is 0 Å². The van der Waals surface area contributed by atoms with Crippen LogP contribution in [0.3, 0.4) is 0 Å². The number of ether oxygens (including phenoxy) is 1. The van der Waals surface area contributed by atoms with Gasteiger partial charge in [0.05, 0.1) is 18.1 Å². The van der Waals surface area contributed by atoms with Crippen molar-refractivity contribution in [2.24, 2.45) is 0 Å². The maximum atomic E-state index is 12.7. The first kappa shape index (κ1) is 16.3. The van der Waals surface area contributed by atoms with Gasteiger partial charge in [-0.3, -0.25) is 14.6 Å². The predicted molar refractivity (Wildman–Crippen MR) is 90.6 cm³/mol. The molecule has 3 rings (SSSR count). The lowest BCUT2D eigenvalue weighted by atomic mass is 9.99. The highest BCUT2D eigenvalue weighted by atomic mass is 35.5. The van der Waals surface area contributed by atoms with E-state index in [1.54, 1.807) is 29.3 Å². The largest absolute Gasteiger partial charge is 0.482 e. The molecule has 1 aliphatic heterocycles. The van der Waals surface area contributed by atoms with E-state index in [1.807, 2.05) is 6.07 Å². The van der Waals surface area contributed by atoms with Crippen LogP contribution in [0.5, 0.6) is 5.75 Å². The van der Waals surface area contributed by atoms with E-state index in [2.05, 4.69) is 10.3 Å². The third-order valence-electron chi connectivity index (χ3n) is 3.81. The number of hydrogen-bond donors (Lipinski definition) is 1. The molecule has 0 saturated carbocycles. The first-order valence-electron chi connectivity index (χ1n) is 7.47. The van der Waals surface area contributed by atoms with Gasteiger partial charge in [-0.15, -0.1) is 0 Å². The number of fused-ring (bicyclic) bond motifs is 1. The van der Waals surface area contributed by atoms with Gasteiger partial charge in [0.2, 0.25) is 0 Å². The molecule has 7 heteroatoms. The van der Waals surface area contributed by atoms with E-state index in [0.717, 1.165) is 5.56 Å². The first-order chi connectivity index (χ1) is 11.6. The van der Waals surface area contributed by atoms with Crippen LogP contribution >= 0.6 is 11.6 Å². The zero-order valence-electron chi connectivity index (χ0n) is 13.1. The van der Waals surface area contributed by atoms with Gasteiger partial charge in [-0.1, -0.05) is 11.6 Å². The maximum Gasteiger partial charge on any atom is 0.258 e. The second-order valence-electron chi connectivity index (χ2n) is 5.35. The number of hydrogen-bond acceptors (Lipinski definition) is 4. The lowest BCUT2D eigenvalue weighted by molar-refractivity contribution is -0.122. The Morgan fingerprint density at radius 2 is 2.21 bits per heavy atom. The summed E-state index contributed by atoms with van der Waals surface area (Å²) < 4.78 is 5.38. The minimum Gasteiger partial charge on any atom is -0.482 e. The Morgan fingerprint density at radius 3 is 3.00 bits per heavy atom. The van der Waals surface area contributed by atoms with Gasteiger partial charge >= 0.3 is 0 Å². The van der Waals surface area contributed by atoms with Crippen LogP contribution in [-0.4, -0.2) is 37.0 Å². The highest BCUT2D eigenvalue weighted by Gasteiger charge is 2.26.